The molecule has 2 heteroatoms. The van der Waals surface area contributed by atoms with Crippen LogP contribution in [0.4, 0.5) is 0 Å². The van der Waals surface area contributed by atoms with Gasteiger partial charge in [0.2, 0.25) is 0 Å². The summed E-state index contributed by atoms with van der Waals surface area (Å²) in [4.78, 5) is 0. The molecule has 0 saturated carbocycles. The quantitative estimate of drug-likeness (QED) is 0.574. The van der Waals surface area contributed by atoms with E-state index in [0.29, 0.717) is 6.54 Å². The Morgan fingerprint density at radius 3 is 2.33 bits per heavy atom. The molecular weight excluding hydrogens is 258 g/mol. The Bertz CT molecular complexity index is 919. The van der Waals surface area contributed by atoms with Crippen molar-refractivity contribution in [3.05, 3.63) is 72.3 Å². The molecular formula is C19H15NO. The molecule has 2 nitrogen and oxygen atoms in total. The fraction of sp³-hybridized carbons (Fsp3) is 0.0526. The SMILES string of the molecule is NCc1ccc(-c2cccc3c2oc2ccccc23)cc1. The lowest BCUT2D eigenvalue weighted by atomic mass is 10.0. The fourth-order valence-electron chi connectivity index (χ4n) is 2.79. The van der Waals surface area contributed by atoms with Gasteiger partial charge in [0, 0.05) is 22.9 Å². The van der Waals surface area contributed by atoms with Crippen LogP contribution >= 0.6 is 0 Å². The third kappa shape index (κ3) is 1.92. The van der Waals surface area contributed by atoms with E-state index in [1.165, 1.54) is 0 Å². The van der Waals surface area contributed by atoms with Crippen molar-refractivity contribution in [2.45, 2.75) is 6.54 Å². The van der Waals surface area contributed by atoms with Gasteiger partial charge in [-0.15, -0.1) is 0 Å². The minimum atomic E-state index is 0.565. The Labute approximate surface area is 122 Å². The molecule has 0 amide bonds. The molecule has 0 atom stereocenters. The molecule has 102 valence electrons. The van der Waals surface area contributed by atoms with E-state index >= 15 is 0 Å². The summed E-state index contributed by atoms with van der Waals surface area (Å²) in [5.74, 6) is 0. The summed E-state index contributed by atoms with van der Waals surface area (Å²) in [6.07, 6.45) is 0. The van der Waals surface area contributed by atoms with Crippen molar-refractivity contribution < 1.29 is 4.42 Å². The Morgan fingerprint density at radius 1 is 0.762 bits per heavy atom. The van der Waals surface area contributed by atoms with Crippen molar-refractivity contribution in [1.29, 1.82) is 0 Å². The molecule has 2 N–H and O–H groups in total. The first-order valence-electron chi connectivity index (χ1n) is 7.06. The Kier molecular flexibility index (Phi) is 2.76. The third-order valence-electron chi connectivity index (χ3n) is 3.90. The Hall–Kier alpha value is -2.58. The molecule has 0 aliphatic rings. The molecule has 0 saturated heterocycles. The highest BCUT2D eigenvalue weighted by Crippen LogP contribution is 2.35. The number of nitrogens with two attached hydrogens (primary N) is 1. The summed E-state index contributed by atoms with van der Waals surface area (Å²) in [5.41, 5.74) is 10.9. The maximum absolute atomic E-state index is 6.07. The van der Waals surface area contributed by atoms with Crippen LogP contribution in [-0.4, -0.2) is 0 Å². The van der Waals surface area contributed by atoms with E-state index in [4.69, 9.17) is 10.2 Å². The second-order valence-corrected chi connectivity index (χ2v) is 5.18. The van der Waals surface area contributed by atoms with Crippen LogP contribution in [-0.2, 0) is 6.54 Å². The topological polar surface area (TPSA) is 39.2 Å². The van der Waals surface area contributed by atoms with Gasteiger partial charge in [-0.2, -0.15) is 0 Å². The maximum Gasteiger partial charge on any atom is 0.143 e. The predicted molar refractivity (Wildman–Crippen MR) is 87.0 cm³/mol. The van der Waals surface area contributed by atoms with E-state index in [0.717, 1.165) is 38.6 Å². The van der Waals surface area contributed by atoms with Gasteiger partial charge in [-0.05, 0) is 17.2 Å². The standard InChI is InChI=1S/C19H15NO/c20-12-13-8-10-14(11-9-13)15-5-3-6-17-16-4-1-2-7-18(16)21-19(15)17/h1-11H,12,20H2. The van der Waals surface area contributed by atoms with E-state index in [9.17, 15) is 0 Å². The molecule has 0 unspecified atom stereocenters. The first-order valence-corrected chi connectivity index (χ1v) is 7.06. The van der Waals surface area contributed by atoms with E-state index in [1.807, 2.05) is 18.2 Å². The largest absolute Gasteiger partial charge is 0.455 e. The van der Waals surface area contributed by atoms with E-state index in [2.05, 4.69) is 48.5 Å². The molecule has 0 aliphatic carbocycles. The van der Waals surface area contributed by atoms with Gasteiger partial charge in [0.1, 0.15) is 11.2 Å². The molecule has 1 aromatic heterocycles. The van der Waals surface area contributed by atoms with Crippen LogP contribution in [0.5, 0.6) is 0 Å². The molecule has 1 heterocycles. The maximum atomic E-state index is 6.07. The number of rotatable bonds is 2. The fourth-order valence-corrected chi connectivity index (χ4v) is 2.79. The van der Waals surface area contributed by atoms with Crippen LogP contribution in [0.1, 0.15) is 5.56 Å². The van der Waals surface area contributed by atoms with E-state index in [1.54, 1.807) is 0 Å². The van der Waals surface area contributed by atoms with Crippen molar-refractivity contribution in [2.24, 2.45) is 5.73 Å². The molecule has 0 aliphatic heterocycles. The van der Waals surface area contributed by atoms with Crippen LogP contribution in [0.25, 0.3) is 33.1 Å². The highest BCUT2D eigenvalue weighted by molar-refractivity contribution is 6.09. The number of para-hydroxylation sites is 2. The molecule has 0 spiro atoms. The predicted octanol–water partition coefficient (Wildman–Crippen LogP) is 4.71. The van der Waals surface area contributed by atoms with Gasteiger partial charge >= 0.3 is 0 Å². The second-order valence-electron chi connectivity index (χ2n) is 5.18. The zero-order valence-corrected chi connectivity index (χ0v) is 11.5. The lowest BCUT2D eigenvalue weighted by Crippen LogP contribution is -1.95. The zero-order valence-electron chi connectivity index (χ0n) is 11.5. The number of fused-ring (bicyclic) bond motifs is 3. The lowest BCUT2D eigenvalue weighted by Gasteiger charge is -2.04. The minimum Gasteiger partial charge on any atom is -0.455 e. The van der Waals surface area contributed by atoms with Crippen LogP contribution in [0, 0.1) is 0 Å². The zero-order chi connectivity index (χ0) is 14.2. The van der Waals surface area contributed by atoms with Gasteiger partial charge in [-0.25, -0.2) is 0 Å². The van der Waals surface area contributed by atoms with Gasteiger partial charge in [0.15, 0.2) is 0 Å². The minimum absolute atomic E-state index is 0.565. The molecule has 0 fully saturated rings. The van der Waals surface area contributed by atoms with Crippen LogP contribution < -0.4 is 5.73 Å². The van der Waals surface area contributed by atoms with E-state index in [-0.39, 0.29) is 0 Å². The number of furan rings is 1. The van der Waals surface area contributed by atoms with Crippen molar-refractivity contribution in [1.82, 2.24) is 0 Å². The van der Waals surface area contributed by atoms with Gasteiger partial charge in [0.25, 0.3) is 0 Å². The molecule has 3 aromatic carbocycles. The summed E-state index contributed by atoms with van der Waals surface area (Å²) >= 11 is 0. The van der Waals surface area contributed by atoms with Crippen LogP contribution in [0.3, 0.4) is 0 Å². The van der Waals surface area contributed by atoms with Gasteiger partial charge in [-0.1, -0.05) is 60.7 Å². The summed E-state index contributed by atoms with van der Waals surface area (Å²) in [5, 5.41) is 2.32. The summed E-state index contributed by atoms with van der Waals surface area (Å²) in [6.45, 7) is 0.565. The molecule has 0 radical (unpaired) electrons. The molecule has 4 aromatic rings. The molecule has 21 heavy (non-hydrogen) atoms. The first-order chi connectivity index (χ1) is 10.4. The third-order valence-corrected chi connectivity index (χ3v) is 3.90. The highest BCUT2D eigenvalue weighted by atomic mass is 16.3. The second kappa shape index (κ2) is 4.76. The highest BCUT2D eigenvalue weighted by Gasteiger charge is 2.11. The van der Waals surface area contributed by atoms with Crippen molar-refractivity contribution in [3.8, 4) is 11.1 Å². The van der Waals surface area contributed by atoms with Crippen LogP contribution in [0.2, 0.25) is 0 Å². The average molecular weight is 273 g/mol. The monoisotopic (exact) mass is 273 g/mol. The van der Waals surface area contributed by atoms with Gasteiger partial charge in [-0.3, -0.25) is 0 Å². The van der Waals surface area contributed by atoms with E-state index < -0.39 is 0 Å². The van der Waals surface area contributed by atoms with Gasteiger partial charge < -0.3 is 10.2 Å². The Balaban J connectivity index is 1.99. The number of hydrogen-bond acceptors (Lipinski definition) is 2. The summed E-state index contributed by atoms with van der Waals surface area (Å²) < 4.78 is 6.07. The normalized spacial score (nSPS) is 11.3. The summed E-state index contributed by atoms with van der Waals surface area (Å²) in [7, 11) is 0. The van der Waals surface area contributed by atoms with Crippen molar-refractivity contribution in [3.63, 3.8) is 0 Å². The van der Waals surface area contributed by atoms with Crippen molar-refractivity contribution >= 4 is 21.9 Å². The van der Waals surface area contributed by atoms with Gasteiger partial charge in [0.05, 0.1) is 0 Å². The number of hydrogen-bond donors (Lipinski definition) is 1. The van der Waals surface area contributed by atoms with Crippen molar-refractivity contribution in [2.75, 3.05) is 0 Å². The molecule has 0 bridgehead atoms. The number of benzene rings is 3. The average Bonchev–Trinajstić information content (AvgIpc) is 2.94. The smallest absolute Gasteiger partial charge is 0.143 e. The lowest BCUT2D eigenvalue weighted by molar-refractivity contribution is 0.670. The van der Waals surface area contributed by atoms with Crippen LogP contribution in [0.15, 0.2) is 71.1 Å². The molecule has 4 rings (SSSR count). The Morgan fingerprint density at radius 2 is 1.52 bits per heavy atom. The summed E-state index contributed by atoms with van der Waals surface area (Å²) in [6, 6.07) is 22.8. The first kappa shape index (κ1) is 12.2.